The Morgan fingerprint density at radius 3 is 2.35 bits per heavy atom. The summed E-state index contributed by atoms with van der Waals surface area (Å²) in [4.78, 5) is 39.5. The summed E-state index contributed by atoms with van der Waals surface area (Å²) in [7, 11) is 0. The first-order chi connectivity index (χ1) is 19.2. The molecule has 0 aliphatic rings. The van der Waals surface area contributed by atoms with Crippen molar-refractivity contribution in [2.45, 2.75) is 27.7 Å². The number of carboxylic acid groups (broad SMARTS) is 1. The van der Waals surface area contributed by atoms with Crippen LogP contribution in [0, 0.1) is 25.5 Å². The van der Waals surface area contributed by atoms with Gasteiger partial charge in [-0.05, 0) is 61.4 Å². The SMILES string of the molecule is CC.Cc1ccc(F)c(NC=O)c1.Cc1ccc(F)c(Oc2ccnc(-c3cc(C(=O)NCC(=O)O)c[nH]3)c2)c1. The maximum atomic E-state index is 13.9. The number of aliphatic carboxylic acids is 1. The summed E-state index contributed by atoms with van der Waals surface area (Å²) in [5, 5.41) is 13.1. The third-order valence-electron chi connectivity index (χ3n) is 5.00. The number of H-pyrrole nitrogens is 1. The zero-order valence-electron chi connectivity index (χ0n) is 22.4. The lowest BCUT2D eigenvalue weighted by atomic mass is 10.2. The number of hydrogen-bond acceptors (Lipinski definition) is 5. The number of nitrogens with zero attached hydrogens (tertiary/aromatic N) is 1. The van der Waals surface area contributed by atoms with Crippen LogP contribution < -0.4 is 15.4 Å². The molecule has 0 fully saturated rings. The molecule has 11 heteroatoms. The van der Waals surface area contributed by atoms with Gasteiger partial charge in [0.1, 0.15) is 18.1 Å². The highest BCUT2D eigenvalue weighted by Gasteiger charge is 2.12. The van der Waals surface area contributed by atoms with E-state index in [4.69, 9.17) is 9.84 Å². The van der Waals surface area contributed by atoms with E-state index >= 15 is 0 Å². The molecule has 0 spiro atoms. The summed E-state index contributed by atoms with van der Waals surface area (Å²) in [5.41, 5.74) is 3.28. The van der Waals surface area contributed by atoms with Gasteiger partial charge in [-0.15, -0.1) is 0 Å². The maximum absolute atomic E-state index is 13.9. The molecule has 0 saturated carbocycles. The largest absolute Gasteiger partial charge is 0.480 e. The number of carbonyl (C=O) groups excluding carboxylic acids is 2. The number of aromatic nitrogens is 2. The van der Waals surface area contributed by atoms with Gasteiger partial charge in [0.05, 0.1) is 22.6 Å². The first kappa shape index (κ1) is 31.2. The van der Waals surface area contributed by atoms with Crippen LogP contribution in [0.15, 0.2) is 67.0 Å². The van der Waals surface area contributed by atoms with Crippen molar-refractivity contribution in [2.75, 3.05) is 11.9 Å². The van der Waals surface area contributed by atoms with Crippen molar-refractivity contribution in [1.82, 2.24) is 15.3 Å². The highest BCUT2D eigenvalue weighted by molar-refractivity contribution is 5.96. The van der Waals surface area contributed by atoms with Crippen LogP contribution in [0.1, 0.15) is 35.3 Å². The molecular formula is C29H30F2N4O5. The van der Waals surface area contributed by atoms with Gasteiger partial charge in [0.2, 0.25) is 6.41 Å². The lowest BCUT2D eigenvalue weighted by molar-refractivity contribution is -0.135. The molecule has 4 rings (SSSR count). The van der Waals surface area contributed by atoms with Crippen molar-refractivity contribution in [1.29, 1.82) is 0 Å². The molecule has 0 unspecified atom stereocenters. The Morgan fingerprint density at radius 2 is 1.68 bits per heavy atom. The molecule has 0 aliphatic carbocycles. The van der Waals surface area contributed by atoms with Crippen LogP contribution in [0.25, 0.3) is 11.4 Å². The average molecular weight is 553 g/mol. The van der Waals surface area contributed by atoms with Gasteiger partial charge in [0, 0.05) is 18.5 Å². The summed E-state index contributed by atoms with van der Waals surface area (Å²) in [6.07, 6.45) is 3.41. The van der Waals surface area contributed by atoms with E-state index in [2.05, 4.69) is 20.6 Å². The number of halogens is 2. The van der Waals surface area contributed by atoms with Crippen molar-refractivity contribution in [2.24, 2.45) is 0 Å². The average Bonchev–Trinajstić information content (AvgIpc) is 3.44. The van der Waals surface area contributed by atoms with E-state index in [1.165, 1.54) is 30.6 Å². The highest BCUT2D eigenvalue weighted by Crippen LogP contribution is 2.28. The maximum Gasteiger partial charge on any atom is 0.322 e. The summed E-state index contributed by atoms with van der Waals surface area (Å²) in [6, 6.07) is 13.8. The molecule has 0 aliphatic heterocycles. The number of anilines is 1. The Hall–Kier alpha value is -5.06. The van der Waals surface area contributed by atoms with Crippen molar-refractivity contribution in [3.8, 4) is 22.9 Å². The number of ether oxygens (including phenoxy) is 1. The normalized spacial score (nSPS) is 9.75. The van der Waals surface area contributed by atoms with Crippen molar-refractivity contribution in [3.63, 3.8) is 0 Å². The van der Waals surface area contributed by atoms with Crippen LogP contribution in [0.4, 0.5) is 14.5 Å². The molecule has 0 atom stereocenters. The Morgan fingerprint density at radius 1 is 1.00 bits per heavy atom. The lowest BCUT2D eigenvalue weighted by Gasteiger charge is -2.08. The second-order valence-electron chi connectivity index (χ2n) is 8.04. The molecule has 0 radical (unpaired) electrons. The second kappa shape index (κ2) is 15.4. The zero-order valence-corrected chi connectivity index (χ0v) is 22.4. The topological polar surface area (TPSA) is 133 Å². The Kier molecular flexibility index (Phi) is 12.0. The molecule has 9 nitrogen and oxygen atoms in total. The Bertz CT molecular complexity index is 1460. The number of carboxylic acids is 1. The second-order valence-corrected chi connectivity index (χ2v) is 8.04. The molecule has 2 aromatic carbocycles. The molecule has 4 aromatic rings. The summed E-state index contributed by atoms with van der Waals surface area (Å²) < 4.78 is 32.2. The van der Waals surface area contributed by atoms with Crippen LogP contribution in [-0.4, -0.2) is 39.9 Å². The predicted octanol–water partition coefficient (Wildman–Crippen LogP) is 5.86. The standard InChI is InChI=1S/C19H16FN3O4.C8H8FNO.C2H6/c1-11-2-3-14(20)17(6-11)27-13-4-5-21-16(8-13)15-7-12(9-22-15)19(26)23-10-18(24)25;1-6-2-3-7(9)8(4-6)10-5-11;1-2/h2-9,22H,10H2,1H3,(H,23,26)(H,24,25);2-5H,1H3,(H,10,11);1-2H3. The van der Waals surface area contributed by atoms with Gasteiger partial charge < -0.3 is 25.5 Å². The number of pyridine rings is 1. The van der Waals surface area contributed by atoms with E-state index in [9.17, 15) is 23.2 Å². The van der Waals surface area contributed by atoms with Crippen LogP contribution >= 0.6 is 0 Å². The third-order valence-corrected chi connectivity index (χ3v) is 5.00. The highest BCUT2D eigenvalue weighted by atomic mass is 19.1. The van der Waals surface area contributed by atoms with Gasteiger partial charge in [-0.1, -0.05) is 26.0 Å². The molecular weight excluding hydrogens is 522 g/mol. The molecule has 0 saturated heterocycles. The van der Waals surface area contributed by atoms with Gasteiger partial charge in [0.15, 0.2) is 11.6 Å². The number of aromatic amines is 1. The molecule has 2 aromatic heterocycles. The van der Waals surface area contributed by atoms with E-state index in [0.717, 1.165) is 11.1 Å². The van der Waals surface area contributed by atoms with Gasteiger partial charge >= 0.3 is 5.97 Å². The fraction of sp³-hybridized carbons (Fsp3) is 0.172. The Labute approximate surface area is 230 Å². The van der Waals surface area contributed by atoms with E-state index in [1.54, 1.807) is 36.4 Å². The third kappa shape index (κ3) is 9.35. The molecule has 0 bridgehead atoms. The number of hydrogen-bond donors (Lipinski definition) is 4. The minimum absolute atomic E-state index is 0.104. The number of benzene rings is 2. The quantitative estimate of drug-likeness (QED) is 0.202. The van der Waals surface area contributed by atoms with Gasteiger partial charge in [0.25, 0.3) is 5.91 Å². The van der Waals surface area contributed by atoms with Gasteiger partial charge in [-0.2, -0.15) is 0 Å². The summed E-state index contributed by atoms with van der Waals surface area (Å²) >= 11 is 0. The smallest absolute Gasteiger partial charge is 0.322 e. The van der Waals surface area contributed by atoms with Crippen LogP contribution in [0.3, 0.4) is 0 Å². The first-order valence-corrected chi connectivity index (χ1v) is 12.2. The number of carbonyl (C=O) groups is 3. The predicted molar refractivity (Wildman–Crippen MR) is 147 cm³/mol. The number of rotatable bonds is 8. The molecule has 2 amide bonds. The Balaban J connectivity index is 0.000000360. The minimum Gasteiger partial charge on any atom is -0.480 e. The lowest BCUT2D eigenvalue weighted by Crippen LogP contribution is -2.28. The van der Waals surface area contributed by atoms with Crippen LogP contribution in [0.5, 0.6) is 11.5 Å². The van der Waals surface area contributed by atoms with E-state index in [1.807, 2.05) is 27.7 Å². The summed E-state index contributed by atoms with van der Waals surface area (Å²) in [6.45, 7) is 7.19. The van der Waals surface area contributed by atoms with Crippen LogP contribution in [-0.2, 0) is 9.59 Å². The summed E-state index contributed by atoms with van der Waals surface area (Å²) in [5.74, 6) is -2.05. The minimum atomic E-state index is -1.13. The number of aryl methyl sites for hydroxylation is 2. The first-order valence-electron chi connectivity index (χ1n) is 12.2. The van der Waals surface area contributed by atoms with E-state index < -0.39 is 30.1 Å². The van der Waals surface area contributed by atoms with Crippen molar-refractivity contribution < 1.29 is 33.0 Å². The molecule has 210 valence electrons. The molecule has 2 heterocycles. The number of nitrogens with one attached hydrogen (secondary N) is 3. The van der Waals surface area contributed by atoms with Gasteiger partial charge in [-0.25, -0.2) is 8.78 Å². The van der Waals surface area contributed by atoms with E-state index in [-0.39, 0.29) is 17.0 Å². The fourth-order valence-corrected chi connectivity index (χ4v) is 3.18. The van der Waals surface area contributed by atoms with Crippen molar-refractivity contribution in [3.05, 3.63) is 95.3 Å². The number of amides is 2. The van der Waals surface area contributed by atoms with Crippen molar-refractivity contribution >= 4 is 24.0 Å². The van der Waals surface area contributed by atoms with E-state index in [0.29, 0.717) is 23.5 Å². The van der Waals surface area contributed by atoms with Gasteiger partial charge in [-0.3, -0.25) is 19.4 Å². The molecule has 40 heavy (non-hydrogen) atoms. The molecule has 4 N–H and O–H groups in total. The monoisotopic (exact) mass is 552 g/mol. The van der Waals surface area contributed by atoms with Crippen LogP contribution in [0.2, 0.25) is 0 Å². The fourth-order valence-electron chi connectivity index (χ4n) is 3.18. The zero-order chi connectivity index (χ0) is 29.7.